The van der Waals surface area contributed by atoms with E-state index in [0.717, 1.165) is 22.5 Å². The Balaban J connectivity index is 1.49. The number of anilines is 2. The van der Waals surface area contributed by atoms with Crippen molar-refractivity contribution >= 4 is 28.6 Å². The molecule has 0 spiro atoms. The van der Waals surface area contributed by atoms with Crippen molar-refractivity contribution in [3.05, 3.63) is 78.4 Å². The molecule has 0 aliphatic heterocycles. The van der Waals surface area contributed by atoms with Crippen LogP contribution < -0.4 is 10.6 Å². The number of para-hydroxylation sites is 2. The van der Waals surface area contributed by atoms with Gasteiger partial charge in [-0.2, -0.15) is 0 Å². The molecule has 2 heterocycles. The zero-order valence-corrected chi connectivity index (χ0v) is 16.3. The second-order valence-corrected chi connectivity index (χ2v) is 7.11. The lowest BCUT2D eigenvalue weighted by molar-refractivity contribution is 0.0923. The second-order valence-electron chi connectivity index (χ2n) is 7.11. The van der Waals surface area contributed by atoms with Gasteiger partial charge in [0.05, 0.1) is 17.1 Å². The molecule has 0 aliphatic rings. The number of aromatic nitrogens is 4. The summed E-state index contributed by atoms with van der Waals surface area (Å²) >= 11 is 0. The van der Waals surface area contributed by atoms with Crippen molar-refractivity contribution < 1.29 is 4.79 Å². The van der Waals surface area contributed by atoms with Gasteiger partial charge in [0.25, 0.3) is 5.91 Å². The number of amides is 1. The van der Waals surface area contributed by atoms with Crippen LogP contribution in [0.25, 0.3) is 11.0 Å². The third kappa shape index (κ3) is 4.24. The largest absolute Gasteiger partial charge is 0.342 e. The molecule has 7 heteroatoms. The van der Waals surface area contributed by atoms with Crippen molar-refractivity contribution in [3.8, 4) is 0 Å². The number of aromatic amines is 1. The lowest BCUT2D eigenvalue weighted by atomic mass is 10.0. The molecule has 146 valence electrons. The van der Waals surface area contributed by atoms with Crippen molar-refractivity contribution in [2.75, 3.05) is 5.32 Å². The van der Waals surface area contributed by atoms with Gasteiger partial charge < -0.3 is 15.6 Å². The Hall–Kier alpha value is -3.74. The highest BCUT2D eigenvalue weighted by Gasteiger charge is 2.22. The zero-order chi connectivity index (χ0) is 20.2. The lowest BCUT2D eigenvalue weighted by Crippen LogP contribution is -2.32. The van der Waals surface area contributed by atoms with Gasteiger partial charge in [-0.25, -0.2) is 15.0 Å². The molecule has 1 atom stereocenters. The number of rotatable bonds is 6. The van der Waals surface area contributed by atoms with Crippen molar-refractivity contribution in [1.29, 1.82) is 0 Å². The monoisotopic (exact) mass is 386 g/mol. The van der Waals surface area contributed by atoms with Crippen LogP contribution in [0.1, 0.15) is 36.1 Å². The highest BCUT2D eigenvalue weighted by Crippen LogP contribution is 2.23. The molecule has 2 aromatic carbocycles. The molecule has 0 saturated carbocycles. The third-order valence-electron chi connectivity index (χ3n) is 4.62. The molecule has 3 N–H and O–H groups in total. The van der Waals surface area contributed by atoms with E-state index < -0.39 is 0 Å². The van der Waals surface area contributed by atoms with Crippen LogP contribution in [0.4, 0.5) is 11.6 Å². The van der Waals surface area contributed by atoms with Crippen LogP contribution >= 0.6 is 0 Å². The fourth-order valence-corrected chi connectivity index (χ4v) is 3.09. The van der Waals surface area contributed by atoms with Gasteiger partial charge in [-0.05, 0) is 48.4 Å². The fraction of sp³-hybridized carbons (Fsp3) is 0.182. The smallest absolute Gasteiger partial charge is 0.251 e. The Bertz CT molecular complexity index is 1070. The van der Waals surface area contributed by atoms with E-state index in [2.05, 4.69) is 44.4 Å². The van der Waals surface area contributed by atoms with E-state index in [1.165, 1.54) is 0 Å². The van der Waals surface area contributed by atoms with Gasteiger partial charge in [-0.1, -0.05) is 26.0 Å². The first-order chi connectivity index (χ1) is 14.1. The predicted molar refractivity (Wildman–Crippen MR) is 113 cm³/mol. The molecule has 0 fully saturated rings. The molecule has 2 aromatic heterocycles. The van der Waals surface area contributed by atoms with Crippen LogP contribution in [0.2, 0.25) is 0 Å². The van der Waals surface area contributed by atoms with Crippen LogP contribution in [-0.4, -0.2) is 25.8 Å². The van der Waals surface area contributed by atoms with Crippen molar-refractivity contribution in [1.82, 2.24) is 25.3 Å². The van der Waals surface area contributed by atoms with Crippen molar-refractivity contribution in [2.45, 2.75) is 19.9 Å². The first-order valence-corrected chi connectivity index (χ1v) is 9.50. The summed E-state index contributed by atoms with van der Waals surface area (Å²) in [5.41, 5.74) is 3.23. The predicted octanol–water partition coefficient (Wildman–Crippen LogP) is 4.22. The maximum atomic E-state index is 12.8. The first kappa shape index (κ1) is 18.6. The number of hydrogen-bond acceptors (Lipinski definition) is 5. The summed E-state index contributed by atoms with van der Waals surface area (Å²) < 4.78 is 0. The average molecular weight is 386 g/mol. The van der Waals surface area contributed by atoms with Gasteiger partial charge in [-0.3, -0.25) is 4.79 Å². The van der Waals surface area contributed by atoms with E-state index in [4.69, 9.17) is 0 Å². The SMILES string of the molecule is CC(C)[C@@H](NC(=O)c1ccc(Nc2ncccn2)cc1)c1nc2ccccc2[nH]1. The van der Waals surface area contributed by atoms with Crippen LogP contribution in [0.3, 0.4) is 0 Å². The Morgan fingerprint density at radius 3 is 2.38 bits per heavy atom. The zero-order valence-electron chi connectivity index (χ0n) is 16.3. The summed E-state index contributed by atoms with van der Waals surface area (Å²) in [5.74, 6) is 1.30. The van der Waals surface area contributed by atoms with E-state index in [0.29, 0.717) is 11.5 Å². The van der Waals surface area contributed by atoms with Crippen molar-refractivity contribution in [3.63, 3.8) is 0 Å². The minimum atomic E-state index is -0.217. The van der Waals surface area contributed by atoms with Gasteiger partial charge in [0.15, 0.2) is 0 Å². The molecule has 0 unspecified atom stereocenters. The molecule has 1 amide bonds. The maximum Gasteiger partial charge on any atom is 0.251 e. The standard InChI is InChI=1S/C22H22N6O/c1-14(2)19(20-26-17-6-3-4-7-18(17)27-20)28-21(29)15-8-10-16(11-9-15)25-22-23-12-5-13-24-22/h3-14,19H,1-2H3,(H,26,27)(H,28,29)(H,23,24,25)/t19-/m1/s1. The molecule has 4 aromatic rings. The molecule has 0 saturated heterocycles. The number of hydrogen-bond donors (Lipinski definition) is 3. The summed E-state index contributed by atoms with van der Waals surface area (Å²) in [4.78, 5) is 29.0. The number of carbonyl (C=O) groups excluding carboxylic acids is 1. The van der Waals surface area contributed by atoms with E-state index in [1.54, 1.807) is 30.6 Å². The number of benzene rings is 2. The molecule has 0 bridgehead atoms. The average Bonchev–Trinajstić information content (AvgIpc) is 3.16. The highest BCUT2D eigenvalue weighted by molar-refractivity contribution is 5.94. The van der Waals surface area contributed by atoms with E-state index in [1.807, 2.05) is 36.4 Å². The number of nitrogens with one attached hydrogen (secondary N) is 3. The molecule has 0 aliphatic carbocycles. The topological polar surface area (TPSA) is 95.6 Å². The highest BCUT2D eigenvalue weighted by atomic mass is 16.1. The van der Waals surface area contributed by atoms with E-state index >= 15 is 0 Å². The van der Waals surface area contributed by atoms with Crippen LogP contribution in [0, 0.1) is 5.92 Å². The summed E-state index contributed by atoms with van der Waals surface area (Å²) in [6, 6.07) is 16.6. The Morgan fingerprint density at radius 2 is 1.69 bits per heavy atom. The van der Waals surface area contributed by atoms with E-state index in [9.17, 15) is 4.79 Å². The summed E-state index contributed by atoms with van der Waals surface area (Å²) in [5, 5.41) is 6.20. The number of imidazole rings is 1. The van der Waals surface area contributed by atoms with Gasteiger partial charge in [0.2, 0.25) is 5.95 Å². The van der Waals surface area contributed by atoms with Gasteiger partial charge in [0, 0.05) is 23.6 Å². The van der Waals surface area contributed by atoms with E-state index in [-0.39, 0.29) is 17.9 Å². The molecule has 7 nitrogen and oxygen atoms in total. The number of fused-ring (bicyclic) bond motifs is 1. The van der Waals surface area contributed by atoms with Gasteiger partial charge >= 0.3 is 0 Å². The summed E-state index contributed by atoms with van der Waals surface area (Å²) in [6.07, 6.45) is 3.34. The number of nitrogens with zero attached hydrogens (tertiary/aromatic N) is 3. The quantitative estimate of drug-likeness (QED) is 0.461. The van der Waals surface area contributed by atoms with Crippen molar-refractivity contribution in [2.24, 2.45) is 5.92 Å². The second kappa shape index (κ2) is 8.10. The molecule has 29 heavy (non-hydrogen) atoms. The normalized spacial score (nSPS) is 12.1. The lowest BCUT2D eigenvalue weighted by Gasteiger charge is -2.20. The minimum Gasteiger partial charge on any atom is -0.342 e. The fourth-order valence-electron chi connectivity index (χ4n) is 3.09. The Labute approximate surface area is 168 Å². The number of carbonyl (C=O) groups is 1. The maximum absolute atomic E-state index is 12.8. The Morgan fingerprint density at radius 1 is 0.966 bits per heavy atom. The van der Waals surface area contributed by atoms with Crippen LogP contribution in [-0.2, 0) is 0 Å². The minimum absolute atomic E-state index is 0.147. The van der Waals surface area contributed by atoms with Gasteiger partial charge in [-0.15, -0.1) is 0 Å². The Kier molecular flexibility index (Phi) is 5.20. The summed E-state index contributed by atoms with van der Waals surface area (Å²) in [6.45, 7) is 4.12. The van der Waals surface area contributed by atoms with Crippen LogP contribution in [0.15, 0.2) is 67.0 Å². The third-order valence-corrected chi connectivity index (χ3v) is 4.62. The molecule has 0 radical (unpaired) electrons. The van der Waals surface area contributed by atoms with Crippen LogP contribution in [0.5, 0.6) is 0 Å². The molecule has 4 rings (SSSR count). The first-order valence-electron chi connectivity index (χ1n) is 9.50. The number of H-pyrrole nitrogens is 1. The molecular formula is C22H22N6O. The summed E-state index contributed by atoms with van der Waals surface area (Å²) in [7, 11) is 0. The molecular weight excluding hydrogens is 364 g/mol. The van der Waals surface area contributed by atoms with Gasteiger partial charge in [0.1, 0.15) is 5.82 Å².